The van der Waals surface area contributed by atoms with Gasteiger partial charge in [0.15, 0.2) is 0 Å². The first-order valence-corrected chi connectivity index (χ1v) is 6.90. The van der Waals surface area contributed by atoms with E-state index < -0.39 is 10.9 Å². The minimum atomic E-state index is -0.617. The van der Waals surface area contributed by atoms with Crippen molar-refractivity contribution in [3.05, 3.63) is 38.3 Å². The van der Waals surface area contributed by atoms with E-state index in [0.717, 1.165) is 0 Å². The van der Waals surface area contributed by atoms with Crippen molar-refractivity contribution in [3.8, 4) is 0 Å². The highest BCUT2D eigenvalue weighted by atomic mass is 79.9. The number of esters is 1. The molecule has 0 aliphatic heterocycles. The molecule has 0 amide bonds. The van der Waals surface area contributed by atoms with Gasteiger partial charge >= 0.3 is 5.97 Å². The minimum absolute atomic E-state index is 0.112. The average molecular weight is 346 g/mol. The Morgan fingerprint density at radius 2 is 2.10 bits per heavy atom. The molecule has 0 aliphatic carbocycles. The van der Waals surface area contributed by atoms with Crippen molar-refractivity contribution in [2.75, 3.05) is 19.8 Å². The van der Waals surface area contributed by atoms with Gasteiger partial charge in [0, 0.05) is 23.2 Å². The van der Waals surface area contributed by atoms with Crippen LogP contribution in [0.3, 0.4) is 0 Å². The smallest absolute Gasteiger partial charge is 0.339 e. The second kappa shape index (κ2) is 7.96. The maximum absolute atomic E-state index is 11.8. The van der Waals surface area contributed by atoms with Gasteiger partial charge in [0.25, 0.3) is 5.69 Å². The molecule has 20 heavy (non-hydrogen) atoms. The van der Waals surface area contributed by atoms with Crippen LogP contribution in [-0.2, 0) is 9.47 Å². The van der Waals surface area contributed by atoms with Gasteiger partial charge in [0.05, 0.1) is 17.1 Å². The van der Waals surface area contributed by atoms with Gasteiger partial charge < -0.3 is 9.47 Å². The monoisotopic (exact) mass is 345 g/mol. The van der Waals surface area contributed by atoms with E-state index in [-0.39, 0.29) is 17.9 Å². The normalized spacial score (nSPS) is 10.6. The standard InChI is InChI=1S/C13H16BrNO5/c1-9(2)8-19-5-6-20-13(16)11-7-10(15(17)18)3-4-12(11)14/h3-4,7,9H,5-6,8H2,1-2H3. The number of ether oxygens (including phenoxy) is 2. The van der Waals surface area contributed by atoms with Gasteiger partial charge in [0.2, 0.25) is 0 Å². The average Bonchev–Trinajstić information content (AvgIpc) is 2.37. The quantitative estimate of drug-likeness (QED) is 0.328. The fourth-order valence-corrected chi connectivity index (χ4v) is 1.78. The number of hydrogen-bond acceptors (Lipinski definition) is 5. The number of nitro benzene ring substituents is 1. The molecule has 1 rings (SSSR count). The van der Waals surface area contributed by atoms with Gasteiger partial charge in [-0.1, -0.05) is 13.8 Å². The molecule has 0 heterocycles. The van der Waals surface area contributed by atoms with E-state index in [0.29, 0.717) is 23.6 Å². The highest BCUT2D eigenvalue weighted by Gasteiger charge is 2.16. The van der Waals surface area contributed by atoms with E-state index >= 15 is 0 Å². The Balaban J connectivity index is 2.55. The second-order valence-electron chi connectivity index (χ2n) is 4.53. The number of nitro groups is 1. The summed E-state index contributed by atoms with van der Waals surface area (Å²) >= 11 is 3.17. The fourth-order valence-electron chi connectivity index (χ4n) is 1.37. The number of benzene rings is 1. The first-order chi connectivity index (χ1) is 9.41. The Kier molecular flexibility index (Phi) is 6.60. The SMILES string of the molecule is CC(C)COCCOC(=O)c1cc([N+](=O)[O-])ccc1Br. The molecule has 0 atom stereocenters. The molecule has 0 radical (unpaired) electrons. The number of rotatable bonds is 7. The number of nitrogens with zero attached hydrogens (tertiary/aromatic N) is 1. The third kappa shape index (κ3) is 5.26. The number of non-ortho nitro benzene ring substituents is 1. The number of carbonyl (C=O) groups excluding carboxylic acids is 1. The Hall–Kier alpha value is -1.47. The van der Waals surface area contributed by atoms with E-state index in [2.05, 4.69) is 15.9 Å². The minimum Gasteiger partial charge on any atom is -0.460 e. The molecule has 0 fully saturated rings. The van der Waals surface area contributed by atoms with E-state index in [1.54, 1.807) is 0 Å². The highest BCUT2D eigenvalue weighted by Crippen LogP contribution is 2.23. The summed E-state index contributed by atoms with van der Waals surface area (Å²) in [5.74, 6) is -0.203. The summed E-state index contributed by atoms with van der Waals surface area (Å²) in [6.07, 6.45) is 0. The Bertz CT molecular complexity index is 490. The largest absolute Gasteiger partial charge is 0.460 e. The molecule has 1 aromatic carbocycles. The van der Waals surface area contributed by atoms with E-state index in [1.165, 1.54) is 18.2 Å². The molecule has 0 aromatic heterocycles. The van der Waals surface area contributed by atoms with Crippen LogP contribution < -0.4 is 0 Å². The van der Waals surface area contributed by atoms with Crippen LogP contribution in [0.15, 0.2) is 22.7 Å². The van der Waals surface area contributed by atoms with Gasteiger partial charge in [-0.15, -0.1) is 0 Å². The molecular weight excluding hydrogens is 330 g/mol. The fraction of sp³-hybridized carbons (Fsp3) is 0.462. The molecule has 110 valence electrons. The Morgan fingerprint density at radius 1 is 1.40 bits per heavy atom. The molecule has 0 unspecified atom stereocenters. The van der Waals surface area contributed by atoms with Crippen LogP contribution in [0.5, 0.6) is 0 Å². The number of hydrogen-bond donors (Lipinski definition) is 0. The molecular formula is C13H16BrNO5. The van der Waals surface area contributed by atoms with Gasteiger partial charge in [0.1, 0.15) is 6.61 Å². The lowest BCUT2D eigenvalue weighted by Crippen LogP contribution is -2.13. The predicted molar refractivity (Wildman–Crippen MR) is 76.7 cm³/mol. The molecule has 0 saturated heterocycles. The van der Waals surface area contributed by atoms with Crippen molar-refractivity contribution < 1.29 is 19.2 Å². The van der Waals surface area contributed by atoms with Crippen molar-refractivity contribution in [2.45, 2.75) is 13.8 Å². The Labute approximate surface area is 125 Å². The summed E-state index contributed by atoms with van der Waals surface area (Å²) in [7, 11) is 0. The topological polar surface area (TPSA) is 78.7 Å². The van der Waals surface area contributed by atoms with Crippen LogP contribution in [0.25, 0.3) is 0 Å². The zero-order valence-corrected chi connectivity index (χ0v) is 12.9. The highest BCUT2D eigenvalue weighted by molar-refractivity contribution is 9.10. The van der Waals surface area contributed by atoms with Crippen LogP contribution in [-0.4, -0.2) is 30.7 Å². The maximum atomic E-state index is 11.8. The van der Waals surface area contributed by atoms with Gasteiger partial charge in [-0.05, 0) is 27.9 Å². The lowest BCUT2D eigenvalue weighted by molar-refractivity contribution is -0.384. The van der Waals surface area contributed by atoms with E-state index in [4.69, 9.17) is 9.47 Å². The molecule has 0 bridgehead atoms. The first-order valence-electron chi connectivity index (χ1n) is 6.10. The predicted octanol–water partition coefficient (Wildman–Crippen LogP) is 3.19. The number of carbonyl (C=O) groups is 1. The van der Waals surface area contributed by atoms with Crippen molar-refractivity contribution in [2.24, 2.45) is 5.92 Å². The molecule has 7 heteroatoms. The van der Waals surface area contributed by atoms with Crippen LogP contribution in [0.2, 0.25) is 0 Å². The van der Waals surface area contributed by atoms with Crippen LogP contribution >= 0.6 is 15.9 Å². The molecule has 6 nitrogen and oxygen atoms in total. The maximum Gasteiger partial charge on any atom is 0.339 e. The Morgan fingerprint density at radius 3 is 2.70 bits per heavy atom. The zero-order valence-electron chi connectivity index (χ0n) is 11.3. The van der Waals surface area contributed by atoms with Crippen LogP contribution in [0.1, 0.15) is 24.2 Å². The van der Waals surface area contributed by atoms with Gasteiger partial charge in [-0.3, -0.25) is 10.1 Å². The summed E-state index contributed by atoms with van der Waals surface area (Å²) in [6, 6.07) is 3.94. The van der Waals surface area contributed by atoms with Crippen molar-refractivity contribution in [3.63, 3.8) is 0 Å². The van der Waals surface area contributed by atoms with E-state index in [9.17, 15) is 14.9 Å². The summed E-state index contributed by atoms with van der Waals surface area (Å²) < 4.78 is 10.7. The summed E-state index contributed by atoms with van der Waals surface area (Å²) in [5, 5.41) is 10.7. The number of halogens is 1. The molecule has 0 N–H and O–H groups in total. The molecule has 0 aliphatic rings. The molecule has 0 saturated carbocycles. The third-order valence-electron chi connectivity index (χ3n) is 2.29. The first kappa shape index (κ1) is 16.6. The molecule has 1 aromatic rings. The summed E-state index contributed by atoms with van der Waals surface area (Å²) in [6.45, 7) is 5.05. The summed E-state index contributed by atoms with van der Waals surface area (Å²) in [5.41, 5.74) is -0.0285. The zero-order chi connectivity index (χ0) is 15.1. The summed E-state index contributed by atoms with van der Waals surface area (Å²) in [4.78, 5) is 21.9. The van der Waals surface area contributed by atoms with Crippen molar-refractivity contribution in [1.82, 2.24) is 0 Å². The van der Waals surface area contributed by atoms with Gasteiger partial charge in [-0.2, -0.15) is 0 Å². The van der Waals surface area contributed by atoms with E-state index in [1.807, 2.05) is 13.8 Å². The molecule has 0 spiro atoms. The van der Waals surface area contributed by atoms with Gasteiger partial charge in [-0.25, -0.2) is 4.79 Å². The second-order valence-corrected chi connectivity index (χ2v) is 5.38. The third-order valence-corrected chi connectivity index (χ3v) is 2.98. The van der Waals surface area contributed by atoms with Crippen molar-refractivity contribution >= 4 is 27.6 Å². The van der Waals surface area contributed by atoms with Crippen LogP contribution in [0, 0.1) is 16.0 Å². The lowest BCUT2D eigenvalue weighted by atomic mass is 10.2. The van der Waals surface area contributed by atoms with Crippen LogP contribution in [0.4, 0.5) is 5.69 Å². The lowest BCUT2D eigenvalue weighted by Gasteiger charge is -2.08. The van der Waals surface area contributed by atoms with Crippen molar-refractivity contribution in [1.29, 1.82) is 0 Å².